The largest absolute Gasteiger partial charge is 0.387 e. The molecule has 70 valence electrons. The van der Waals surface area contributed by atoms with Gasteiger partial charge in [-0.15, -0.1) is 11.6 Å². The van der Waals surface area contributed by atoms with Gasteiger partial charge in [0.15, 0.2) is 0 Å². The van der Waals surface area contributed by atoms with E-state index in [0.717, 1.165) is 5.56 Å². The van der Waals surface area contributed by atoms with Crippen LogP contribution in [0.15, 0.2) is 24.3 Å². The fraction of sp³-hybridized carbons (Fsp3) is 0.455. The van der Waals surface area contributed by atoms with Gasteiger partial charge in [-0.2, -0.15) is 0 Å². The highest BCUT2D eigenvalue weighted by Crippen LogP contribution is 2.42. The van der Waals surface area contributed by atoms with Crippen molar-refractivity contribution >= 4 is 11.6 Å². The fourth-order valence-corrected chi connectivity index (χ4v) is 1.83. The Kier molecular flexibility index (Phi) is 2.56. The average Bonchev–Trinajstić information content (AvgIpc) is 3.00. The van der Waals surface area contributed by atoms with Gasteiger partial charge in [-0.1, -0.05) is 24.3 Å². The third kappa shape index (κ3) is 1.87. The first-order valence-electron chi connectivity index (χ1n) is 4.65. The maximum atomic E-state index is 9.65. The molecular weight excluding hydrogens is 184 g/mol. The lowest BCUT2D eigenvalue weighted by molar-refractivity contribution is 0.201. The summed E-state index contributed by atoms with van der Waals surface area (Å²) in [4.78, 5) is 0. The van der Waals surface area contributed by atoms with E-state index in [2.05, 4.69) is 6.07 Å². The Hall–Kier alpha value is -0.530. The smallest absolute Gasteiger partial charge is 0.0928 e. The van der Waals surface area contributed by atoms with Gasteiger partial charge in [0, 0.05) is 0 Å². The van der Waals surface area contributed by atoms with Crippen LogP contribution < -0.4 is 0 Å². The van der Waals surface area contributed by atoms with Crippen LogP contribution in [0.4, 0.5) is 0 Å². The first-order valence-corrected chi connectivity index (χ1v) is 5.19. The lowest BCUT2D eigenvalue weighted by atomic mass is 10.00. The maximum Gasteiger partial charge on any atom is 0.0928 e. The second-order valence-electron chi connectivity index (χ2n) is 3.57. The van der Waals surface area contributed by atoms with Gasteiger partial charge in [-0.3, -0.25) is 0 Å². The molecule has 1 nitrogen and oxygen atoms in total. The Morgan fingerprint density at radius 2 is 2.08 bits per heavy atom. The van der Waals surface area contributed by atoms with Gasteiger partial charge in [0.05, 0.1) is 12.0 Å². The van der Waals surface area contributed by atoms with Crippen molar-refractivity contribution in [3.05, 3.63) is 35.4 Å². The zero-order valence-corrected chi connectivity index (χ0v) is 8.17. The van der Waals surface area contributed by atoms with Crippen molar-refractivity contribution in [2.45, 2.75) is 24.9 Å². The number of hydrogen-bond donors (Lipinski definition) is 1. The third-order valence-corrected chi connectivity index (χ3v) is 2.81. The Balaban J connectivity index is 2.31. The lowest BCUT2D eigenvalue weighted by Crippen LogP contribution is -2.02. The Morgan fingerprint density at radius 1 is 1.38 bits per heavy atom. The highest BCUT2D eigenvalue weighted by molar-refractivity contribution is 6.18. The number of aliphatic hydroxyl groups is 1. The van der Waals surface area contributed by atoms with Crippen LogP contribution in [0.3, 0.4) is 0 Å². The van der Waals surface area contributed by atoms with E-state index < -0.39 is 6.10 Å². The number of aliphatic hydroxyl groups excluding tert-OH is 1. The van der Waals surface area contributed by atoms with E-state index in [9.17, 15) is 5.11 Å². The van der Waals surface area contributed by atoms with Gasteiger partial charge in [0.2, 0.25) is 0 Å². The highest BCUT2D eigenvalue weighted by Gasteiger charge is 2.27. The minimum atomic E-state index is -0.501. The summed E-state index contributed by atoms with van der Waals surface area (Å²) < 4.78 is 0. The van der Waals surface area contributed by atoms with Crippen LogP contribution in [-0.2, 0) is 0 Å². The Labute approximate surface area is 83.3 Å². The molecule has 0 spiro atoms. The van der Waals surface area contributed by atoms with Crippen molar-refractivity contribution in [3.8, 4) is 0 Å². The quantitative estimate of drug-likeness (QED) is 0.738. The molecule has 1 aliphatic carbocycles. The summed E-state index contributed by atoms with van der Waals surface area (Å²) in [6.45, 7) is 0. The molecule has 1 atom stereocenters. The van der Waals surface area contributed by atoms with Gasteiger partial charge in [-0.25, -0.2) is 0 Å². The van der Waals surface area contributed by atoms with Crippen molar-refractivity contribution in [2.24, 2.45) is 0 Å². The van der Waals surface area contributed by atoms with E-state index >= 15 is 0 Å². The average molecular weight is 197 g/mol. The van der Waals surface area contributed by atoms with Crippen molar-refractivity contribution in [3.63, 3.8) is 0 Å². The van der Waals surface area contributed by atoms with Crippen molar-refractivity contribution in [1.82, 2.24) is 0 Å². The molecule has 0 heterocycles. The van der Waals surface area contributed by atoms with E-state index in [1.54, 1.807) is 0 Å². The molecule has 2 heteroatoms. The van der Waals surface area contributed by atoms with Crippen LogP contribution in [0.5, 0.6) is 0 Å². The normalized spacial score (nSPS) is 18.6. The summed E-state index contributed by atoms with van der Waals surface area (Å²) >= 11 is 5.63. The number of benzene rings is 1. The first-order chi connectivity index (χ1) is 6.33. The second kappa shape index (κ2) is 3.69. The van der Waals surface area contributed by atoms with Crippen LogP contribution in [0.2, 0.25) is 0 Å². The van der Waals surface area contributed by atoms with Gasteiger partial charge in [0.25, 0.3) is 0 Å². The zero-order valence-electron chi connectivity index (χ0n) is 7.41. The van der Waals surface area contributed by atoms with Crippen LogP contribution in [-0.4, -0.2) is 11.0 Å². The van der Waals surface area contributed by atoms with Gasteiger partial charge < -0.3 is 5.11 Å². The topological polar surface area (TPSA) is 20.2 Å². The number of halogens is 1. The molecule has 0 aliphatic heterocycles. The van der Waals surface area contributed by atoms with Crippen LogP contribution in [0, 0.1) is 0 Å². The molecule has 1 aliphatic rings. The monoisotopic (exact) mass is 196 g/mol. The molecule has 1 unspecified atom stereocenters. The first kappa shape index (κ1) is 9.04. The second-order valence-corrected chi connectivity index (χ2v) is 3.88. The molecule has 0 saturated heterocycles. The Bertz CT molecular complexity index is 294. The van der Waals surface area contributed by atoms with Crippen LogP contribution >= 0.6 is 11.6 Å². The molecule has 0 aromatic heterocycles. The van der Waals surface area contributed by atoms with E-state index in [1.165, 1.54) is 18.4 Å². The summed E-state index contributed by atoms with van der Waals surface area (Å²) in [6, 6.07) is 8.05. The number of hydrogen-bond acceptors (Lipinski definition) is 1. The molecule has 13 heavy (non-hydrogen) atoms. The molecular formula is C11H13ClO. The van der Waals surface area contributed by atoms with E-state index in [0.29, 0.717) is 5.92 Å². The number of alkyl halides is 1. The van der Waals surface area contributed by atoms with Crippen molar-refractivity contribution < 1.29 is 5.11 Å². The highest BCUT2D eigenvalue weighted by atomic mass is 35.5. The van der Waals surface area contributed by atoms with Crippen LogP contribution in [0.1, 0.15) is 36.0 Å². The van der Waals surface area contributed by atoms with Gasteiger partial charge in [0.1, 0.15) is 0 Å². The summed E-state index contributed by atoms with van der Waals surface area (Å²) in [5, 5.41) is 9.65. The summed E-state index contributed by atoms with van der Waals surface area (Å²) in [5.41, 5.74) is 2.30. The fourth-order valence-electron chi connectivity index (χ4n) is 1.66. The van der Waals surface area contributed by atoms with Crippen LogP contribution in [0.25, 0.3) is 0 Å². The summed E-state index contributed by atoms with van der Waals surface area (Å²) in [5.74, 6) is 0.957. The molecule has 0 radical (unpaired) electrons. The molecule has 1 aromatic carbocycles. The standard InChI is InChI=1S/C11H13ClO/c12-7-11(13)10-4-2-1-3-9(10)8-5-6-8/h1-4,8,11,13H,5-7H2. The molecule has 2 rings (SSSR count). The maximum absolute atomic E-state index is 9.65. The molecule has 1 fully saturated rings. The summed E-state index contributed by atoms with van der Waals surface area (Å²) in [6.07, 6.45) is 2.01. The molecule has 1 saturated carbocycles. The molecule has 0 bridgehead atoms. The third-order valence-electron chi connectivity index (χ3n) is 2.52. The SMILES string of the molecule is OC(CCl)c1ccccc1C1CC1. The van der Waals surface area contributed by atoms with E-state index in [-0.39, 0.29) is 5.88 Å². The summed E-state index contributed by atoms with van der Waals surface area (Å²) in [7, 11) is 0. The molecule has 0 amide bonds. The van der Waals surface area contributed by atoms with E-state index in [4.69, 9.17) is 11.6 Å². The lowest BCUT2D eigenvalue weighted by Gasteiger charge is -2.12. The van der Waals surface area contributed by atoms with Gasteiger partial charge in [-0.05, 0) is 29.9 Å². The predicted molar refractivity (Wildman–Crippen MR) is 54.1 cm³/mol. The van der Waals surface area contributed by atoms with Crippen molar-refractivity contribution in [1.29, 1.82) is 0 Å². The Morgan fingerprint density at radius 3 is 2.69 bits per heavy atom. The number of rotatable bonds is 3. The predicted octanol–water partition coefficient (Wildman–Crippen LogP) is 2.84. The van der Waals surface area contributed by atoms with E-state index in [1.807, 2.05) is 18.2 Å². The van der Waals surface area contributed by atoms with Gasteiger partial charge >= 0.3 is 0 Å². The van der Waals surface area contributed by atoms with Crippen molar-refractivity contribution in [2.75, 3.05) is 5.88 Å². The zero-order chi connectivity index (χ0) is 9.26. The molecule has 1 N–H and O–H groups in total. The molecule has 1 aromatic rings. The minimum absolute atomic E-state index is 0.281. The minimum Gasteiger partial charge on any atom is -0.387 e.